The summed E-state index contributed by atoms with van der Waals surface area (Å²) in [6, 6.07) is 4.35. The largest absolute Gasteiger partial charge is 0.472 e. The van der Waals surface area contributed by atoms with Crippen LogP contribution in [0, 0.1) is 0 Å². The molecule has 4 aliphatic heterocycles. The van der Waals surface area contributed by atoms with Crippen molar-refractivity contribution in [3.8, 4) is 0 Å². The molecule has 4 aromatic heterocycles. The van der Waals surface area contributed by atoms with Crippen LogP contribution in [0.25, 0.3) is 0 Å². The molecule has 4 aliphatic rings. The number of ether oxygens (including phenoxy) is 4. The van der Waals surface area contributed by atoms with Crippen molar-refractivity contribution in [3.63, 3.8) is 0 Å². The van der Waals surface area contributed by atoms with E-state index in [0.717, 1.165) is 47.6 Å². The van der Waals surface area contributed by atoms with Crippen LogP contribution in [0.1, 0.15) is 24.9 Å². The van der Waals surface area contributed by atoms with E-state index in [4.69, 9.17) is 69.0 Å². The molecule has 8 heterocycles. The Bertz CT molecular complexity index is 3390. The molecule has 3 unspecified atom stereocenters. The van der Waals surface area contributed by atoms with Gasteiger partial charge in [-0.15, -0.1) is 0 Å². The molecule has 19 atom stereocenters. The Balaban J connectivity index is 0.958. The molecule has 0 radical (unpaired) electrons. The van der Waals surface area contributed by atoms with Crippen molar-refractivity contribution in [2.45, 2.75) is 98.2 Å². The van der Waals surface area contributed by atoms with E-state index in [1.54, 1.807) is 0 Å². The van der Waals surface area contributed by atoms with Gasteiger partial charge in [-0.1, -0.05) is 0 Å². The average molecular weight is 1240 g/mol. The van der Waals surface area contributed by atoms with Crippen LogP contribution in [0.3, 0.4) is 0 Å². The zero-order valence-electron chi connectivity index (χ0n) is 40.6. The van der Waals surface area contributed by atoms with Gasteiger partial charge >= 0.3 is 54.0 Å². The van der Waals surface area contributed by atoms with Crippen molar-refractivity contribution in [2.24, 2.45) is 0 Å². The zero-order chi connectivity index (χ0) is 59.3. The van der Waals surface area contributed by atoms with Gasteiger partial charge in [0.1, 0.15) is 96.5 Å². The van der Waals surface area contributed by atoms with Gasteiger partial charge in [-0.05, 0) is 24.3 Å². The lowest BCUT2D eigenvalue weighted by Gasteiger charge is -2.25. The van der Waals surface area contributed by atoms with Gasteiger partial charge in [-0.3, -0.25) is 49.9 Å². The van der Waals surface area contributed by atoms with Crippen LogP contribution in [0.15, 0.2) is 68.2 Å². The number of aliphatic hydroxyl groups excluding tert-OH is 5. The van der Waals surface area contributed by atoms with E-state index in [9.17, 15) is 87.4 Å². The molecule has 45 heteroatoms. The van der Waals surface area contributed by atoms with E-state index >= 15 is 0 Å². The van der Waals surface area contributed by atoms with E-state index in [1.165, 1.54) is 6.07 Å². The van der Waals surface area contributed by atoms with Gasteiger partial charge in [0.15, 0.2) is 24.9 Å². The first-order valence-corrected chi connectivity index (χ1v) is 28.9. The molecule has 81 heavy (non-hydrogen) atoms. The zero-order valence-corrected chi connectivity index (χ0v) is 44.2. The quantitative estimate of drug-likeness (QED) is 0.0325. The Morgan fingerprint density at radius 2 is 0.654 bits per heavy atom. The molecule has 18 N–H and O–H groups in total. The third-order valence-corrected chi connectivity index (χ3v) is 15.6. The fourth-order valence-corrected chi connectivity index (χ4v) is 11.5. The van der Waals surface area contributed by atoms with Crippen molar-refractivity contribution in [1.82, 2.24) is 38.2 Å². The molecule has 0 spiro atoms. The van der Waals surface area contributed by atoms with Crippen molar-refractivity contribution < 1.29 is 119 Å². The predicted octanol–water partition coefficient (Wildman–Crippen LogP) is -6.65. The first-order chi connectivity index (χ1) is 37.8. The van der Waals surface area contributed by atoms with Crippen molar-refractivity contribution in [2.75, 3.05) is 49.4 Å². The third kappa shape index (κ3) is 14.4. The maximum atomic E-state index is 13.8. The topological polar surface area (TPSA) is 616 Å². The molecule has 0 aliphatic carbocycles. The maximum Gasteiger partial charge on any atom is 0.472 e. The molecular formula is C36H50N12O29P4. The summed E-state index contributed by atoms with van der Waals surface area (Å²) in [7, 11) is -22.0. The highest BCUT2D eigenvalue weighted by molar-refractivity contribution is 7.48. The number of nitrogens with zero attached hydrogens (tertiary/aromatic N) is 8. The molecule has 8 rings (SSSR count). The number of rotatable bonds is 22. The van der Waals surface area contributed by atoms with Crippen LogP contribution in [-0.4, -0.2) is 188 Å². The molecule has 41 nitrogen and oxygen atoms in total. The molecule has 448 valence electrons. The van der Waals surface area contributed by atoms with Gasteiger partial charge in [0, 0.05) is 24.8 Å². The summed E-state index contributed by atoms with van der Waals surface area (Å²) < 4.78 is 112. The second kappa shape index (κ2) is 24.2. The highest BCUT2D eigenvalue weighted by Crippen LogP contribution is 2.54. The fraction of sp³-hybridized carbons (Fsp3) is 0.556. The second-order valence-corrected chi connectivity index (χ2v) is 23.1. The van der Waals surface area contributed by atoms with E-state index < -0.39 is 179 Å². The summed E-state index contributed by atoms with van der Waals surface area (Å²) >= 11 is 0. The number of hydrogen-bond donors (Lipinski definition) is 14. The second-order valence-electron chi connectivity index (χ2n) is 17.7. The Morgan fingerprint density at radius 3 is 0.926 bits per heavy atom. The summed E-state index contributed by atoms with van der Waals surface area (Å²) in [5.74, 6) is -1.14. The van der Waals surface area contributed by atoms with Crippen LogP contribution >= 0.6 is 31.3 Å². The predicted molar refractivity (Wildman–Crippen MR) is 257 cm³/mol. The summed E-state index contributed by atoms with van der Waals surface area (Å²) in [5, 5.41) is 55.2. The Kier molecular flexibility index (Phi) is 18.5. The average Bonchev–Trinajstić information content (AvgIpc) is 4.07. The molecule has 0 bridgehead atoms. The van der Waals surface area contributed by atoms with Gasteiger partial charge in [0.25, 0.3) is 0 Å². The van der Waals surface area contributed by atoms with Gasteiger partial charge in [-0.25, -0.2) is 37.4 Å². The molecule has 0 saturated carbocycles. The maximum absolute atomic E-state index is 13.8. The lowest BCUT2D eigenvalue weighted by molar-refractivity contribution is -0.0691. The highest BCUT2D eigenvalue weighted by atomic mass is 31.2. The van der Waals surface area contributed by atoms with E-state index in [-0.39, 0.29) is 23.3 Å². The number of nitrogen functional groups attached to an aromatic ring is 4. The van der Waals surface area contributed by atoms with Crippen molar-refractivity contribution in [1.29, 1.82) is 0 Å². The summed E-state index contributed by atoms with van der Waals surface area (Å²) in [4.78, 5) is 116. The summed E-state index contributed by atoms with van der Waals surface area (Å²) in [6.45, 7) is -4.60. The van der Waals surface area contributed by atoms with E-state index in [1.807, 2.05) is 0 Å². The van der Waals surface area contributed by atoms with Crippen LogP contribution < -0.4 is 45.7 Å². The highest BCUT2D eigenvalue weighted by Gasteiger charge is 2.55. The number of nitrogens with two attached hydrogens (primary N) is 4. The SMILES string of the molecule is Nc1ccn([C@@H]2O[C@H](COP(=O)(O)O[C@@H]3[C@H](O)[C@@H](COP(=O)(O)O[C@@H]4[C@H](O)[C@@H](COP(=O)(O)O[C@@H]5[C@H](O)[C@@H](COP(=O)(O)O)O[C@H]5n5ccc(N)nc5=O)O[C@H]4n4ccc(N)nc4=O)O[C@H]3n3ccc(N)nc3=O)[C@@H](O)[C@H]2O)c(=O)n1. The standard InChI is InChI=1S/C36H50N12O29P4/c37-17-1-5-45(33(54)41-17)29-25(53)21(49)13(71-29)10-68-79(61,62)76-27-23(51)15(73-31(27)47-7-3-19(39)43-35(47)56)12-70-81(65,66)77-28-24(52)16(74-32(28)48-8-4-20(40)44-36(48)57)11-69-80(63,64)75-26-22(50)14(9-67-78(58,59)60)72-30(26)46-6-2-18(38)42-34(46)55/h1-8,13-16,21-32,49-53H,9-12H2,(H,61,62)(H,63,64)(H,65,66)(H2,37,41,54)(H2,38,42,55)(H2,39,43,56)(H2,40,44,57)(H2,58,59,60)/t13-,14-,15-,16-,21-,22-,23-,24-,25-,26-,27-,28-,29-,30-,31-,32-/m1/s1. The Hall–Kier alpha value is -5.20. The molecule has 0 aromatic carbocycles. The van der Waals surface area contributed by atoms with Gasteiger partial charge in [-0.2, -0.15) is 19.9 Å². The molecule has 4 saturated heterocycles. The first-order valence-electron chi connectivity index (χ1n) is 22.9. The minimum absolute atomic E-state index is 0.183. The van der Waals surface area contributed by atoms with E-state index in [2.05, 4.69) is 24.5 Å². The van der Waals surface area contributed by atoms with Crippen LogP contribution in [-0.2, 0) is 68.9 Å². The molecule has 4 aromatic rings. The number of phosphoric ester groups is 4. The van der Waals surface area contributed by atoms with Crippen LogP contribution in [0.5, 0.6) is 0 Å². The summed E-state index contributed by atoms with van der Waals surface area (Å²) in [5.41, 5.74) is 17.7. The first kappa shape index (κ1) is 61.9. The van der Waals surface area contributed by atoms with E-state index in [0.29, 0.717) is 13.7 Å². The molecule has 0 amide bonds. The molecular weight excluding hydrogens is 1190 g/mol. The normalized spacial score (nSPS) is 32.8. The monoisotopic (exact) mass is 1240 g/mol. The third-order valence-electron chi connectivity index (χ3n) is 12.2. The minimum Gasteiger partial charge on any atom is -0.387 e. The Morgan fingerprint density at radius 1 is 0.407 bits per heavy atom. The lowest BCUT2D eigenvalue weighted by Crippen LogP contribution is -2.39. The number of aromatic nitrogens is 8. The molecule has 4 fully saturated rings. The van der Waals surface area contributed by atoms with Gasteiger partial charge < -0.3 is 91.9 Å². The lowest BCUT2D eigenvalue weighted by atomic mass is 10.1. The van der Waals surface area contributed by atoms with Crippen LogP contribution in [0.4, 0.5) is 23.3 Å². The summed E-state index contributed by atoms with van der Waals surface area (Å²) in [6.07, 6.45) is -27.6. The fourth-order valence-electron chi connectivity index (χ4n) is 8.38. The Labute approximate surface area is 449 Å². The number of hydrogen-bond acceptors (Lipinski definition) is 32. The van der Waals surface area contributed by atoms with Gasteiger partial charge in [0.05, 0.1) is 26.4 Å². The van der Waals surface area contributed by atoms with Gasteiger partial charge in [0.2, 0.25) is 0 Å². The smallest absolute Gasteiger partial charge is 0.387 e. The van der Waals surface area contributed by atoms with Crippen LogP contribution in [0.2, 0.25) is 0 Å². The van der Waals surface area contributed by atoms with Crippen molar-refractivity contribution in [3.05, 3.63) is 91.0 Å². The van der Waals surface area contributed by atoms with Crippen molar-refractivity contribution >= 4 is 54.6 Å². The minimum atomic E-state index is -5.71. The number of phosphoric acid groups is 4. The number of aliphatic hydroxyl groups is 5. The number of anilines is 4.